The molecular weight excluding hydrogens is 378 g/mol. The zero-order valence-corrected chi connectivity index (χ0v) is 15.6. The van der Waals surface area contributed by atoms with Crippen LogP contribution in [0.15, 0.2) is 67.0 Å². The number of nitriles is 1. The third kappa shape index (κ3) is 3.04. The lowest BCUT2D eigenvalue weighted by Gasteiger charge is -2.10. The van der Waals surface area contributed by atoms with Crippen LogP contribution in [0.3, 0.4) is 0 Å². The lowest BCUT2D eigenvalue weighted by atomic mass is 10.1. The van der Waals surface area contributed by atoms with E-state index in [9.17, 15) is 10.1 Å². The van der Waals surface area contributed by atoms with E-state index in [0.717, 1.165) is 22.2 Å². The van der Waals surface area contributed by atoms with Crippen molar-refractivity contribution in [2.24, 2.45) is 0 Å². The number of aromatic nitrogens is 5. The van der Waals surface area contributed by atoms with Crippen molar-refractivity contribution in [3.05, 3.63) is 78.4 Å². The molecule has 0 aliphatic rings. The molecule has 0 saturated heterocycles. The van der Waals surface area contributed by atoms with Crippen LogP contribution in [0.25, 0.3) is 33.2 Å². The number of rotatable bonds is 4. The molecule has 0 fully saturated rings. The van der Waals surface area contributed by atoms with Gasteiger partial charge in [-0.15, -0.1) is 0 Å². The summed E-state index contributed by atoms with van der Waals surface area (Å²) in [7, 11) is 0. The molecule has 0 unspecified atom stereocenters. The number of benzene rings is 2. The largest absolute Gasteiger partial charge is 0.334 e. The summed E-state index contributed by atoms with van der Waals surface area (Å²) < 4.78 is 0. The molecule has 0 saturated carbocycles. The number of nitrogens with one attached hydrogen (secondary N) is 3. The fraction of sp³-hybridized carbons (Fsp3) is 0.0455. The van der Waals surface area contributed by atoms with Crippen LogP contribution >= 0.6 is 0 Å². The number of imidazole rings is 1. The second-order valence-corrected chi connectivity index (χ2v) is 6.75. The Bertz CT molecular complexity index is 1400. The van der Waals surface area contributed by atoms with Crippen LogP contribution < -0.4 is 5.32 Å². The first-order valence-electron chi connectivity index (χ1n) is 9.26. The number of pyridine rings is 1. The Kier molecular flexibility index (Phi) is 4.19. The van der Waals surface area contributed by atoms with Gasteiger partial charge in [-0.25, -0.2) is 4.98 Å². The first kappa shape index (κ1) is 17.6. The first-order valence-corrected chi connectivity index (χ1v) is 9.26. The van der Waals surface area contributed by atoms with Gasteiger partial charge in [-0.1, -0.05) is 30.3 Å². The molecule has 8 nitrogen and oxygen atoms in total. The first-order chi connectivity index (χ1) is 14.7. The van der Waals surface area contributed by atoms with Gasteiger partial charge < -0.3 is 10.3 Å². The van der Waals surface area contributed by atoms with E-state index in [0.29, 0.717) is 16.6 Å². The standard InChI is InChI=1S/C22H15N7O/c23-12-19(13-4-2-1-3-5-13)27-22(30)21-25-17-10-15-16(11-18(17)26-21)28-29-20(15)14-6-8-24-9-7-14/h1-11,19H,(H,25,26)(H,27,30)(H,28,29)/t19-/m1/s1. The molecule has 1 amide bonds. The average molecular weight is 393 g/mol. The van der Waals surface area contributed by atoms with Gasteiger partial charge in [0.25, 0.3) is 5.91 Å². The van der Waals surface area contributed by atoms with E-state index >= 15 is 0 Å². The smallest absolute Gasteiger partial charge is 0.288 e. The molecule has 0 spiro atoms. The average Bonchev–Trinajstić information content (AvgIpc) is 3.40. The van der Waals surface area contributed by atoms with Gasteiger partial charge in [-0.2, -0.15) is 10.4 Å². The maximum atomic E-state index is 12.7. The number of carbonyl (C=O) groups excluding carboxylic acids is 1. The van der Waals surface area contributed by atoms with Gasteiger partial charge in [-0.3, -0.25) is 14.9 Å². The van der Waals surface area contributed by atoms with Crippen LogP contribution in [0.4, 0.5) is 0 Å². The lowest BCUT2D eigenvalue weighted by molar-refractivity contribution is 0.0936. The Labute approximate surface area is 170 Å². The van der Waals surface area contributed by atoms with Crippen molar-refractivity contribution < 1.29 is 4.79 Å². The van der Waals surface area contributed by atoms with Gasteiger partial charge in [0.15, 0.2) is 5.82 Å². The minimum Gasteiger partial charge on any atom is -0.334 e. The maximum Gasteiger partial charge on any atom is 0.288 e. The van der Waals surface area contributed by atoms with Crippen molar-refractivity contribution in [2.75, 3.05) is 0 Å². The normalized spacial score (nSPS) is 12.0. The zero-order valence-electron chi connectivity index (χ0n) is 15.6. The van der Waals surface area contributed by atoms with Crippen molar-refractivity contribution in [3.8, 4) is 17.3 Å². The predicted octanol–water partition coefficient (Wildman–Crippen LogP) is 3.50. The number of amides is 1. The summed E-state index contributed by atoms with van der Waals surface area (Å²) in [4.78, 5) is 24.2. The highest BCUT2D eigenvalue weighted by atomic mass is 16.2. The van der Waals surface area contributed by atoms with E-state index in [1.54, 1.807) is 24.5 Å². The zero-order chi connectivity index (χ0) is 20.5. The summed E-state index contributed by atoms with van der Waals surface area (Å²) in [5, 5.41) is 20.5. The van der Waals surface area contributed by atoms with Crippen molar-refractivity contribution in [2.45, 2.75) is 6.04 Å². The van der Waals surface area contributed by atoms with Gasteiger partial charge in [0.2, 0.25) is 0 Å². The molecule has 2 aromatic carbocycles. The number of H-pyrrole nitrogens is 2. The van der Waals surface area contributed by atoms with Crippen LogP contribution in [-0.2, 0) is 0 Å². The quantitative estimate of drug-likeness (QED) is 0.431. The second kappa shape index (κ2) is 7.14. The lowest BCUT2D eigenvalue weighted by Crippen LogP contribution is -2.28. The summed E-state index contributed by atoms with van der Waals surface area (Å²) in [5.41, 5.74) is 4.60. The topological polar surface area (TPSA) is 123 Å². The van der Waals surface area contributed by atoms with Gasteiger partial charge >= 0.3 is 0 Å². The van der Waals surface area contributed by atoms with E-state index in [-0.39, 0.29) is 5.82 Å². The molecular formula is C22H15N7O. The molecule has 8 heteroatoms. The Morgan fingerprint density at radius 1 is 1.07 bits per heavy atom. The summed E-state index contributed by atoms with van der Waals surface area (Å²) >= 11 is 0. The Morgan fingerprint density at radius 3 is 2.63 bits per heavy atom. The van der Waals surface area contributed by atoms with E-state index in [1.807, 2.05) is 42.5 Å². The highest BCUT2D eigenvalue weighted by molar-refractivity contribution is 6.02. The van der Waals surface area contributed by atoms with Crippen LogP contribution in [0.1, 0.15) is 22.2 Å². The van der Waals surface area contributed by atoms with Crippen LogP contribution in [-0.4, -0.2) is 31.1 Å². The minimum atomic E-state index is -0.760. The van der Waals surface area contributed by atoms with Gasteiger partial charge in [0.1, 0.15) is 11.7 Å². The van der Waals surface area contributed by atoms with Crippen LogP contribution in [0, 0.1) is 11.3 Å². The highest BCUT2D eigenvalue weighted by Crippen LogP contribution is 2.28. The molecule has 0 aliphatic heterocycles. The van der Waals surface area contributed by atoms with E-state index in [2.05, 4.69) is 36.5 Å². The van der Waals surface area contributed by atoms with Crippen molar-refractivity contribution in [1.29, 1.82) is 5.26 Å². The summed E-state index contributed by atoms with van der Waals surface area (Å²) in [6.45, 7) is 0. The van der Waals surface area contributed by atoms with E-state index < -0.39 is 11.9 Å². The molecule has 1 atom stereocenters. The number of carbonyl (C=O) groups is 1. The number of fused-ring (bicyclic) bond motifs is 2. The third-order valence-electron chi connectivity index (χ3n) is 4.87. The molecule has 5 aromatic rings. The fourth-order valence-corrected chi connectivity index (χ4v) is 3.39. The highest BCUT2D eigenvalue weighted by Gasteiger charge is 2.19. The SMILES string of the molecule is N#C[C@@H](NC(=O)c1nc2cc3c(-c4ccncc4)n[nH]c3cc2[nH]1)c1ccccc1. The molecule has 5 rings (SSSR count). The van der Waals surface area contributed by atoms with Gasteiger partial charge in [-0.05, 0) is 29.8 Å². The molecule has 0 aliphatic carbocycles. The third-order valence-corrected chi connectivity index (χ3v) is 4.87. The summed E-state index contributed by atoms with van der Waals surface area (Å²) in [5.74, 6) is -0.301. The Morgan fingerprint density at radius 2 is 1.87 bits per heavy atom. The number of aromatic amines is 2. The molecule has 30 heavy (non-hydrogen) atoms. The number of hydrogen-bond donors (Lipinski definition) is 3. The number of hydrogen-bond acceptors (Lipinski definition) is 5. The monoisotopic (exact) mass is 393 g/mol. The summed E-state index contributed by atoms with van der Waals surface area (Å²) in [6.07, 6.45) is 3.42. The van der Waals surface area contributed by atoms with E-state index in [4.69, 9.17) is 0 Å². The molecule has 0 bridgehead atoms. The predicted molar refractivity (Wildman–Crippen MR) is 111 cm³/mol. The Balaban J connectivity index is 1.49. The fourth-order valence-electron chi connectivity index (χ4n) is 3.39. The maximum absolute atomic E-state index is 12.7. The van der Waals surface area contributed by atoms with Gasteiger partial charge in [0, 0.05) is 23.3 Å². The Hall–Kier alpha value is -4.51. The minimum absolute atomic E-state index is 0.146. The van der Waals surface area contributed by atoms with E-state index in [1.165, 1.54) is 0 Å². The molecule has 0 radical (unpaired) electrons. The number of nitrogens with zero attached hydrogens (tertiary/aromatic N) is 4. The molecule has 144 valence electrons. The van der Waals surface area contributed by atoms with Crippen LogP contribution in [0.2, 0.25) is 0 Å². The van der Waals surface area contributed by atoms with Crippen molar-refractivity contribution >= 4 is 27.8 Å². The van der Waals surface area contributed by atoms with Crippen molar-refractivity contribution in [3.63, 3.8) is 0 Å². The van der Waals surface area contributed by atoms with Crippen LogP contribution in [0.5, 0.6) is 0 Å². The second-order valence-electron chi connectivity index (χ2n) is 6.75. The molecule has 3 aromatic heterocycles. The molecule has 3 N–H and O–H groups in total. The molecule has 3 heterocycles. The van der Waals surface area contributed by atoms with Crippen molar-refractivity contribution in [1.82, 2.24) is 30.5 Å². The summed E-state index contributed by atoms with van der Waals surface area (Å²) in [6, 6.07) is 18.0. The van der Waals surface area contributed by atoms with Gasteiger partial charge in [0.05, 0.1) is 22.6 Å².